The number of benzene rings is 1. The Morgan fingerprint density at radius 3 is 3.09 bits per heavy atom. The Hall–Kier alpha value is -1.85. The molecule has 2 aromatic rings. The van der Waals surface area contributed by atoms with Crippen molar-refractivity contribution >= 4 is 16.9 Å². The van der Waals surface area contributed by atoms with Crippen molar-refractivity contribution in [3.63, 3.8) is 0 Å². The van der Waals surface area contributed by atoms with E-state index in [4.69, 9.17) is 4.42 Å². The van der Waals surface area contributed by atoms with Gasteiger partial charge in [-0.2, -0.15) is 0 Å². The van der Waals surface area contributed by atoms with Gasteiger partial charge in [0, 0.05) is 11.9 Å². The number of nitrogens with one attached hydrogen (secondary N) is 2. The van der Waals surface area contributed by atoms with Crippen LogP contribution in [0.25, 0.3) is 11.0 Å². The third kappa shape index (κ3) is 3.31. The summed E-state index contributed by atoms with van der Waals surface area (Å²) >= 11 is 0. The van der Waals surface area contributed by atoms with Gasteiger partial charge in [-0.25, -0.2) is 0 Å². The summed E-state index contributed by atoms with van der Waals surface area (Å²) < 4.78 is 5.58. The van der Waals surface area contributed by atoms with Gasteiger partial charge in [0.1, 0.15) is 5.58 Å². The molecular formula is C17H22N2O3. The van der Waals surface area contributed by atoms with Crippen LogP contribution >= 0.6 is 0 Å². The van der Waals surface area contributed by atoms with Gasteiger partial charge in [0.15, 0.2) is 5.76 Å². The number of aliphatic hydroxyl groups is 1. The number of hydrogen-bond donors (Lipinski definition) is 3. The van der Waals surface area contributed by atoms with Gasteiger partial charge >= 0.3 is 0 Å². The summed E-state index contributed by atoms with van der Waals surface area (Å²) in [5, 5.41) is 17.5. The van der Waals surface area contributed by atoms with E-state index >= 15 is 0 Å². The molecule has 0 spiro atoms. The summed E-state index contributed by atoms with van der Waals surface area (Å²) in [7, 11) is 0. The zero-order chi connectivity index (χ0) is 15.6. The number of carbonyl (C=O) groups excluding carboxylic acids is 1. The monoisotopic (exact) mass is 302 g/mol. The standard InChI is InChI=1S/C17H22N2O3/c1-12-3-4-14-13(9-12)10-15(22-14)16(20)19-11-17(21)5-2-7-18-8-6-17/h3-4,9-10,18,21H,2,5-8,11H2,1H3,(H,19,20)/t17-/m1/s1. The minimum atomic E-state index is -0.832. The number of fused-ring (bicyclic) bond motifs is 1. The van der Waals surface area contributed by atoms with E-state index in [0.717, 1.165) is 30.5 Å². The molecule has 1 atom stereocenters. The summed E-state index contributed by atoms with van der Waals surface area (Å²) in [5.41, 5.74) is 0.996. The maximum Gasteiger partial charge on any atom is 0.287 e. The van der Waals surface area contributed by atoms with E-state index in [0.29, 0.717) is 18.4 Å². The highest BCUT2D eigenvalue weighted by atomic mass is 16.3. The molecule has 2 heterocycles. The number of amides is 1. The average Bonchev–Trinajstić information content (AvgIpc) is 2.79. The SMILES string of the molecule is Cc1ccc2oc(C(=O)NC[C@@]3(O)CCCNCC3)cc2c1. The van der Waals surface area contributed by atoms with Crippen molar-refractivity contribution in [3.05, 3.63) is 35.6 Å². The fourth-order valence-corrected chi connectivity index (χ4v) is 2.90. The first-order valence-corrected chi connectivity index (χ1v) is 7.77. The van der Waals surface area contributed by atoms with Crippen LogP contribution in [0, 0.1) is 6.92 Å². The van der Waals surface area contributed by atoms with Crippen LogP contribution < -0.4 is 10.6 Å². The van der Waals surface area contributed by atoms with Crippen LogP contribution in [0.4, 0.5) is 0 Å². The lowest BCUT2D eigenvalue weighted by Gasteiger charge is -2.26. The molecule has 0 saturated carbocycles. The van der Waals surface area contributed by atoms with E-state index in [2.05, 4.69) is 10.6 Å². The van der Waals surface area contributed by atoms with Crippen LogP contribution in [-0.2, 0) is 0 Å². The fourth-order valence-electron chi connectivity index (χ4n) is 2.90. The predicted octanol–water partition coefficient (Wildman–Crippen LogP) is 1.98. The first-order chi connectivity index (χ1) is 10.6. The smallest absolute Gasteiger partial charge is 0.287 e. The van der Waals surface area contributed by atoms with Crippen molar-refractivity contribution in [3.8, 4) is 0 Å². The highest BCUT2D eigenvalue weighted by Gasteiger charge is 2.28. The average molecular weight is 302 g/mol. The van der Waals surface area contributed by atoms with Crippen molar-refractivity contribution < 1.29 is 14.3 Å². The molecule has 22 heavy (non-hydrogen) atoms. The largest absolute Gasteiger partial charge is 0.451 e. The van der Waals surface area contributed by atoms with Crippen LogP contribution in [-0.4, -0.2) is 36.2 Å². The summed E-state index contributed by atoms with van der Waals surface area (Å²) in [4.78, 5) is 12.2. The number of hydrogen-bond acceptors (Lipinski definition) is 4. The first-order valence-electron chi connectivity index (χ1n) is 7.77. The van der Waals surface area contributed by atoms with E-state index in [1.165, 1.54) is 0 Å². The topological polar surface area (TPSA) is 74.5 Å². The summed E-state index contributed by atoms with van der Waals surface area (Å²) in [6, 6.07) is 7.55. The normalized spacial score (nSPS) is 22.5. The molecule has 1 aliphatic rings. The van der Waals surface area contributed by atoms with Crippen LogP contribution in [0.15, 0.2) is 28.7 Å². The molecule has 1 aliphatic heterocycles. The van der Waals surface area contributed by atoms with Gasteiger partial charge in [-0.15, -0.1) is 0 Å². The van der Waals surface area contributed by atoms with Crippen molar-refractivity contribution in [2.24, 2.45) is 0 Å². The molecular weight excluding hydrogens is 280 g/mol. The number of carbonyl (C=O) groups is 1. The highest BCUT2D eigenvalue weighted by molar-refractivity contribution is 5.96. The Morgan fingerprint density at radius 1 is 1.36 bits per heavy atom. The molecule has 5 heteroatoms. The van der Waals surface area contributed by atoms with Crippen molar-refractivity contribution in [1.29, 1.82) is 0 Å². The lowest BCUT2D eigenvalue weighted by atomic mass is 9.95. The molecule has 3 N–H and O–H groups in total. The summed E-state index contributed by atoms with van der Waals surface area (Å²) in [6.07, 6.45) is 2.25. The van der Waals surface area contributed by atoms with Crippen LogP contribution in [0.1, 0.15) is 35.4 Å². The molecule has 118 valence electrons. The number of rotatable bonds is 3. The highest BCUT2D eigenvalue weighted by Crippen LogP contribution is 2.21. The molecule has 1 amide bonds. The molecule has 1 fully saturated rings. The lowest BCUT2D eigenvalue weighted by molar-refractivity contribution is 0.0272. The third-order valence-electron chi connectivity index (χ3n) is 4.24. The van der Waals surface area contributed by atoms with Gasteiger partial charge in [0.25, 0.3) is 5.91 Å². The van der Waals surface area contributed by atoms with E-state index in [9.17, 15) is 9.90 Å². The van der Waals surface area contributed by atoms with Crippen LogP contribution in [0.2, 0.25) is 0 Å². The van der Waals surface area contributed by atoms with Crippen molar-refractivity contribution in [2.75, 3.05) is 19.6 Å². The molecule has 0 radical (unpaired) electrons. The second-order valence-electron chi connectivity index (χ2n) is 6.16. The Bertz CT molecular complexity index is 670. The van der Waals surface area contributed by atoms with Gasteiger partial charge in [-0.3, -0.25) is 4.79 Å². The zero-order valence-corrected chi connectivity index (χ0v) is 12.8. The summed E-state index contributed by atoms with van der Waals surface area (Å²) in [6.45, 7) is 3.95. The third-order valence-corrected chi connectivity index (χ3v) is 4.24. The maximum atomic E-state index is 12.2. The summed E-state index contributed by atoms with van der Waals surface area (Å²) in [5.74, 6) is 0.00966. The van der Waals surface area contributed by atoms with Gasteiger partial charge in [0.05, 0.1) is 5.60 Å². The van der Waals surface area contributed by atoms with Gasteiger partial charge < -0.3 is 20.2 Å². The number of aryl methyl sites for hydroxylation is 1. The number of furan rings is 1. The van der Waals surface area contributed by atoms with Crippen LogP contribution in [0.5, 0.6) is 0 Å². The van der Waals surface area contributed by atoms with E-state index in [1.54, 1.807) is 6.07 Å². The molecule has 0 aliphatic carbocycles. The first kappa shape index (κ1) is 15.1. The zero-order valence-electron chi connectivity index (χ0n) is 12.8. The lowest BCUT2D eigenvalue weighted by Crippen LogP contribution is -2.43. The van der Waals surface area contributed by atoms with E-state index < -0.39 is 5.60 Å². The molecule has 1 aromatic carbocycles. The Kier molecular flexibility index (Phi) is 4.18. The van der Waals surface area contributed by atoms with Crippen molar-refractivity contribution in [2.45, 2.75) is 31.8 Å². The Labute approximate surface area is 129 Å². The van der Waals surface area contributed by atoms with E-state index in [1.807, 2.05) is 25.1 Å². The minimum absolute atomic E-state index is 0.254. The van der Waals surface area contributed by atoms with E-state index in [-0.39, 0.29) is 18.2 Å². The fraction of sp³-hybridized carbons (Fsp3) is 0.471. The quantitative estimate of drug-likeness (QED) is 0.810. The maximum absolute atomic E-state index is 12.2. The Morgan fingerprint density at radius 2 is 2.23 bits per heavy atom. The molecule has 3 rings (SSSR count). The Balaban J connectivity index is 1.67. The van der Waals surface area contributed by atoms with Gasteiger partial charge in [-0.1, -0.05) is 11.6 Å². The molecule has 0 bridgehead atoms. The molecule has 5 nitrogen and oxygen atoms in total. The van der Waals surface area contributed by atoms with Crippen LogP contribution in [0.3, 0.4) is 0 Å². The molecule has 1 saturated heterocycles. The minimum Gasteiger partial charge on any atom is -0.451 e. The molecule has 0 unspecified atom stereocenters. The second kappa shape index (κ2) is 6.10. The second-order valence-corrected chi connectivity index (χ2v) is 6.16. The van der Waals surface area contributed by atoms with Gasteiger partial charge in [-0.05, 0) is 57.5 Å². The molecule has 1 aromatic heterocycles. The van der Waals surface area contributed by atoms with Gasteiger partial charge in [0.2, 0.25) is 0 Å². The van der Waals surface area contributed by atoms with Crippen molar-refractivity contribution in [1.82, 2.24) is 10.6 Å². The predicted molar refractivity (Wildman–Crippen MR) is 85.0 cm³/mol.